The van der Waals surface area contributed by atoms with Crippen molar-refractivity contribution in [2.24, 2.45) is 0 Å². The van der Waals surface area contributed by atoms with Gasteiger partial charge in [0, 0.05) is 13.0 Å². The van der Waals surface area contributed by atoms with Gasteiger partial charge in [0.15, 0.2) is 5.03 Å². The largest absolute Gasteiger partial charge is 0.491 e. The van der Waals surface area contributed by atoms with Gasteiger partial charge in [-0.1, -0.05) is 12.1 Å². The lowest BCUT2D eigenvalue weighted by Crippen LogP contribution is -2.31. The Hall–Kier alpha value is -2.02. The molecule has 0 saturated carbocycles. The zero-order chi connectivity index (χ0) is 13.3. The highest BCUT2D eigenvalue weighted by molar-refractivity contribution is 7.92. The third-order valence-corrected chi connectivity index (χ3v) is 4.68. The number of rotatable bonds is 2. The summed E-state index contributed by atoms with van der Waals surface area (Å²) >= 11 is 0. The molecular weight excluding hydrogens is 266 g/mol. The number of hydrogen-bond donors (Lipinski definition) is 1. The van der Waals surface area contributed by atoms with E-state index in [1.807, 2.05) is 6.07 Å². The van der Waals surface area contributed by atoms with Gasteiger partial charge in [-0.3, -0.25) is 4.31 Å². The fraction of sp³-hybridized carbons (Fsp3) is 0.250. The van der Waals surface area contributed by atoms with Gasteiger partial charge < -0.3 is 9.72 Å². The van der Waals surface area contributed by atoms with Crippen LogP contribution in [0.5, 0.6) is 5.75 Å². The number of aromatic amines is 1. The first-order chi connectivity index (χ1) is 9.19. The fourth-order valence-corrected chi connectivity index (χ4v) is 3.46. The number of nitrogens with zero attached hydrogens (tertiary/aromatic N) is 2. The van der Waals surface area contributed by atoms with Gasteiger partial charge in [0.05, 0.1) is 24.8 Å². The molecule has 19 heavy (non-hydrogen) atoms. The molecule has 0 spiro atoms. The summed E-state index contributed by atoms with van der Waals surface area (Å²) in [6.45, 7) is 0.893. The van der Waals surface area contributed by atoms with Crippen LogP contribution in [0.15, 0.2) is 41.8 Å². The van der Waals surface area contributed by atoms with Crippen LogP contribution >= 0.6 is 0 Å². The van der Waals surface area contributed by atoms with Crippen LogP contribution in [0.25, 0.3) is 0 Å². The fourth-order valence-electron chi connectivity index (χ4n) is 2.05. The number of fused-ring (bicyclic) bond motifs is 1. The predicted octanol–water partition coefficient (Wildman–Crippen LogP) is 1.39. The van der Waals surface area contributed by atoms with E-state index >= 15 is 0 Å². The lowest BCUT2D eigenvalue weighted by atomic mass is 10.3. The summed E-state index contributed by atoms with van der Waals surface area (Å²) in [5.41, 5.74) is 0.564. The van der Waals surface area contributed by atoms with Crippen molar-refractivity contribution >= 4 is 15.7 Å². The van der Waals surface area contributed by atoms with Crippen molar-refractivity contribution in [1.82, 2.24) is 9.97 Å². The van der Waals surface area contributed by atoms with Crippen molar-refractivity contribution in [2.75, 3.05) is 17.5 Å². The molecule has 1 aromatic heterocycles. The second-order valence-corrected chi connectivity index (χ2v) is 5.99. The van der Waals surface area contributed by atoms with Gasteiger partial charge in [-0.25, -0.2) is 4.98 Å². The molecule has 0 radical (unpaired) electrons. The Bertz CT molecular complexity index is 667. The molecule has 0 aliphatic carbocycles. The minimum Gasteiger partial charge on any atom is -0.491 e. The normalized spacial score (nSPS) is 15.5. The molecule has 2 aromatic rings. The summed E-state index contributed by atoms with van der Waals surface area (Å²) in [5, 5.41) is 0.0872. The van der Waals surface area contributed by atoms with Crippen LogP contribution in [0.2, 0.25) is 0 Å². The maximum absolute atomic E-state index is 12.6. The number of hydrogen-bond acceptors (Lipinski definition) is 4. The zero-order valence-electron chi connectivity index (χ0n) is 10.1. The quantitative estimate of drug-likeness (QED) is 0.901. The Balaban J connectivity index is 2.10. The maximum Gasteiger partial charge on any atom is 0.281 e. The molecule has 0 amide bonds. The summed E-state index contributed by atoms with van der Waals surface area (Å²) in [6.07, 6.45) is 3.30. The molecule has 0 atom stereocenters. The lowest BCUT2D eigenvalue weighted by Gasteiger charge is -2.22. The van der Waals surface area contributed by atoms with Crippen molar-refractivity contribution in [3.8, 4) is 5.75 Å². The molecular formula is C12H13N3O3S. The van der Waals surface area contributed by atoms with Crippen molar-refractivity contribution in [2.45, 2.75) is 11.4 Å². The molecule has 1 aliphatic rings. The van der Waals surface area contributed by atoms with Crippen molar-refractivity contribution in [1.29, 1.82) is 0 Å². The van der Waals surface area contributed by atoms with Gasteiger partial charge in [-0.15, -0.1) is 0 Å². The first-order valence-corrected chi connectivity index (χ1v) is 7.36. The number of anilines is 1. The lowest BCUT2D eigenvalue weighted by molar-refractivity contribution is 0.322. The topological polar surface area (TPSA) is 75.3 Å². The minimum atomic E-state index is -3.62. The van der Waals surface area contributed by atoms with Gasteiger partial charge in [0.1, 0.15) is 5.75 Å². The highest BCUT2D eigenvalue weighted by Gasteiger charge is 2.29. The molecule has 2 heterocycles. The molecule has 3 rings (SSSR count). The summed E-state index contributed by atoms with van der Waals surface area (Å²) in [5.74, 6) is 0.586. The predicted molar refractivity (Wildman–Crippen MR) is 69.7 cm³/mol. The second kappa shape index (κ2) is 4.58. The van der Waals surface area contributed by atoms with E-state index in [4.69, 9.17) is 4.74 Å². The number of benzene rings is 1. The summed E-state index contributed by atoms with van der Waals surface area (Å²) < 4.78 is 32.0. The SMILES string of the molecule is O=S(=O)(c1cnc[nH]1)N1CCCOc2ccccc21. The third kappa shape index (κ3) is 2.06. The van der Waals surface area contributed by atoms with Gasteiger partial charge in [-0.05, 0) is 12.1 Å². The van der Waals surface area contributed by atoms with Crippen molar-refractivity contribution in [3.63, 3.8) is 0 Å². The number of imidazole rings is 1. The Kier molecular flexibility index (Phi) is 2.90. The molecule has 0 unspecified atom stereocenters. The van der Waals surface area contributed by atoms with Crippen LogP contribution in [0, 0.1) is 0 Å². The first kappa shape index (κ1) is 12.0. The molecule has 0 saturated heterocycles. The second-order valence-electron chi connectivity index (χ2n) is 4.16. The highest BCUT2D eigenvalue weighted by Crippen LogP contribution is 2.33. The first-order valence-electron chi connectivity index (χ1n) is 5.92. The summed E-state index contributed by atoms with van der Waals surface area (Å²) in [7, 11) is -3.62. The van der Waals surface area contributed by atoms with E-state index in [0.717, 1.165) is 0 Å². The van der Waals surface area contributed by atoms with Gasteiger partial charge >= 0.3 is 0 Å². The van der Waals surface area contributed by atoms with E-state index in [2.05, 4.69) is 9.97 Å². The highest BCUT2D eigenvalue weighted by atomic mass is 32.2. The monoisotopic (exact) mass is 279 g/mol. The van der Waals surface area contributed by atoms with Crippen molar-refractivity contribution in [3.05, 3.63) is 36.8 Å². The van der Waals surface area contributed by atoms with Crippen LogP contribution in [-0.2, 0) is 10.0 Å². The van der Waals surface area contributed by atoms with E-state index in [9.17, 15) is 8.42 Å². The van der Waals surface area contributed by atoms with Crippen LogP contribution in [0.4, 0.5) is 5.69 Å². The molecule has 1 aromatic carbocycles. The number of sulfonamides is 1. The Morgan fingerprint density at radius 2 is 2.16 bits per heavy atom. The number of ether oxygens (including phenoxy) is 1. The number of H-pyrrole nitrogens is 1. The molecule has 7 heteroatoms. The number of aromatic nitrogens is 2. The van der Waals surface area contributed by atoms with E-state index in [1.54, 1.807) is 18.2 Å². The molecule has 0 bridgehead atoms. The van der Waals surface area contributed by atoms with Crippen LogP contribution in [0.1, 0.15) is 6.42 Å². The van der Waals surface area contributed by atoms with Gasteiger partial charge in [0.25, 0.3) is 10.0 Å². The van der Waals surface area contributed by atoms with E-state index in [0.29, 0.717) is 31.0 Å². The molecule has 1 aliphatic heterocycles. The van der Waals surface area contributed by atoms with Crippen molar-refractivity contribution < 1.29 is 13.2 Å². The van der Waals surface area contributed by atoms with E-state index in [1.165, 1.54) is 16.8 Å². The van der Waals surface area contributed by atoms with E-state index in [-0.39, 0.29) is 5.03 Å². The van der Waals surface area contributed by atoms with Crippen LogP contribution in [0.3, 0.4) is 0 Å². The van der Waals surface area contributed by atoms with E-state index < -0.39 is 10.0 Å². The Morgan fingerprint density at radius 3 is 2.95 bits per heavy atom. The van der Waals surface area contributed by atoms with Gasteiger partial charge in [0.2, 0.25) is 0 Å². The zero-order valence-corrected chi connectivity index (χ0v) is 10.9. The Labute approximate surface area is 111 Å². The molecule has 100 valence electrons. The summed E-state index contributed by atoms with van der Waals surface area (Å²) in [4.78, 5) is 6.41. The minimum absolute atomic E-state index is 0.0872. The average Bonchev–Trinajstić information content (AvgIpc) is 2.86. The van der Waals surface area contributed by atoms with Crippen LogP contribution < -0.4 is 9.04 Å². The van der Waals surface area contributed by atoms with Crippen LogP contribution in [-0.4, -0.2) is 31.5 Å². The maximum atomic E-state index is 12.6. The average molecular weight is 279 g/mol. The molecule has 6 nitrogen and oxygen atoms in total. The standard InChI is InChI=1S/C12H13N3O3S/c16-19(17,12-8-13-9-14-12)15-6-3-7-18-11-5-2-1-4-10(11)15/h1-2,4-5,8-9H,3,6-7H2,(H,13,14). The molecule has 0 fully saturated rings. The number of nitrogens with one attached hydrogen (secondary N) is 1. The number of para-hydroxylation sites is 2. The van der Waals surface area contributed by atoms with Gasteiger partial charge in [-0.2, -0.15) is 8.42 Å². The smallest absolute Gasteiger partial charge is 0.281 e. The third-order valence-electron chi connectivity index (χ3n) is 2.94. The summed E-state index contributed by atoms with van der Waals surface area (Å²) in [6, 6.07) is 7.14. The molecule has 1 N–H and O–H groups in total. The Morgan fingerprint density at radius 1 is 1.32 bits per heavy atom.